The van der Waals surface area contributed by atoms with Gasteiger partial charge in [-0.3, -0.25) is 9.59 Å². The highest BCUT2D eigenvalue weighted by atomic mass is 16.5. The van der Waals surface area contributed by atoms with E-state index in [4.69, 9.17) is 21.3 Å². The second-order valence-electron chi connectivity index (χ2n) is 9.08. The van der Waals surface area contributed by atoms with Crippen LogP contribution in [0.3, 0.4) is 0 Å². The Morgan fingerprint density at radius 3 is 2.31 bits per heavy atom. The Kier molecular flexibility index (Phi) is 7.70. The third-order valence-corrected chi connectivity index (χ3v) is 6.15. The molecule has 1 aliphatic rings. The average molecular weight is 489 g/mol. The summed E-state index contributed by atoms with van der Waals surface area (Å²) in [6, 6.07) is 16.7. The van der Waals surface area contributed by atoms with Crippen molar-refractivity contribution in [3.05, 3.63) is 72.3 Å². The van der Waals surface area contributed by atoms with Crippen molar-refractivity contribution in [3.8, 4) is 22.8 Å². The molecular formula is C27H32N6O3. The standard InChI is InChI=1S/C27H32N6O3/c1-31(2)16-6-9-23(34)32-17-14-20(15-18-32)33-26(28)24(27(29)35)25(30-33)19-10-12-22(13-11-19)36-21-7-4-3-5-8-21/h3-13,20H,14-18,28H2,1-2H3,(H2,29,35)/b9-6+. The zero-order valence-corrected chi connectivity index (χ0v) is 20.6. The lowest BCUT2D eigenvalue weighted by molar-refractivity contribution is -0.127. The molecule has 1 aliphatic heterocycles. The topological polar surface area (TPSA) is 120 Å². The number of anilines is 1. The molecular weight excluding hydrogens is 456 g/mol. The molecule has 188 valence electrons. The molecule has 2 heterocycles. The van der Waals surface area contributed by atoms with Crippen molar-refractivity contribution in [2.75, 3.05) is 39.5 Å². The van der Waals surface area contributed by atoms with Crippen molar-refractivity contribution in [2.45, 2.75) is 18.9 Å². The van der Waals surface area contributed by atoms with Gasteiger partial charge in [0.2, 0.25) is 5.91 Å². The lowest BCUT2D eigenvalue weighted by atomic mass is 10.0. The molecule has 0 saturated carbocycles. The van der Waals surface area contributed by atoms with E-state index in [1.807, 2.05) is 84.6 Å². The molecule has 2 aromatic carbocycles. The zero-order valence-electron chi connectivity index (χ0n) is 20.6. The number of rotatable bonds is 8. The fourth-order valence-electron chi connectivity index (χ4n) is 4.28. The Hall–Kier alpha value is -4.11. The van der Waals surface area contributed by atoms with Gasteiger partial charge in [-0.1, -0.05) is 24.3 Å². The highest BCUT2D eigenvalue weighted by molar-refractivity contribution is 6.03. The molecule has 0 atom stereocenters. The predicted octanol–water partition coefficient (Wildman–Crippen LogP) is 3.30. The van der Waals surface area contributed by atoms with Crippen molar-refractivity contribution in [3.63, 3.8) is 0 Å². The number of nitrogens with two attached hydrogens (primary N) is 2. The number of primary amides is 1. The molecule has 1 saturated heterocycles. The number of likely N-dealkylation sites (tertiary alicyclic amines) is 1. The summed E-state index contributed by atoms with van der Waals surface area (Å²) in [6.45, 7) is 1.88. The smallest absolute Gasteiger partial charge is 0.254 e. The average Bonchev–Trinajstić information content (AvgIpc) is 3.22. The van der Waals surface area contributed by atoms with Crippen LogP contribution in [-0.2, 0) is 4.79 Å². The van der Waals surface area contributed by atoms with Crippen molar-refractivity contribution >= 4 is 17.6 Å². The van der Waals surface area contributed by atoms with Gasteiger partial charge >= 0.3 is 0 Å². The maximum absolute atomic E-state index is 12.5. The van der Waals surface area contributed by atoms with Crippen LogP contribution in [0.2, 0.25) is 0 Å². The molecule has 9 heteroatoms. The Balaban J connectivity index is 1.49. The van der Waals surface area contributed by atoms with Gasteiger partial charge in [0, 0.05) is 31.3 Å². The third kappa shape index (κ3) is 5.75. The first-order chi connectivity index (χ1) is 17.3. The molecule has 0 spiro atoms. The van der Waals surface area contributed by atoms with E-state index in [1.165, 1.54) is 0 Å². The van der Waals surface area contributed by atoms with Crippen molar-refractivity contribution in [1.29, 1.82) is 0 Å². The minimum atomic E-state index is -0.628. The summed E-state index contributed by atoms with van der Waals surface area (Å²) >= 11 is 0. The molecule has 0 bridgehead atoms. The van der Waals surface area contributed by atoms with Crippen LogP contribution in [0.4, 0.5) is 5.82 Å². The second kappa shape index (κ2) is 11.1. The second-order valence-corrected chi connectivity index (χ2v) is 9.08. The SMILES string of the molecule is CN(C)C/C=C/C(=O)N1CCC(n2nc(-c3ccc(Oc4ccccc4)cc3)c(C(N)=O)c2N)CC1. The van der Waals surface area contributed by atoms with Gasteiger partial charge in [0.1, 0.15) is 28.6 Å². The number of piperidine rings is 1. The fourth-order valence-corrected chi connectivity index (χ4v) is 4.28. The number of carbonyl (C=O) groups excluding carboxylic acids is 2. The van der Waals surface area contributed by atoms with E-state index in [2.05, 4.69) is 0 Å². The van der Waals surface area contributed by atoms with Gasteiger partial charge in [0.15, 0.2) is 0 Å². The number of hydrogen-bond acceptors (Lipinski definition) is 6. The first kappa shape index (κ1) is 25.0. The van der Waals surface area contributed by atoms with Gasteiger partial charge in [0.25, 0.3) is 5.91 Å². The summed E-state index contributed by atoms with van der Waals surface area (Å²) in [4.78, 5) is 28.6. The monoisotopic (exact) mass is 488 g/mol. The number of carbonyl (C=O) groups is 2. The summed E-state index contributed by atoms with van der Waals surface area (Å²) in [7, 11) is 3.91. The lowest BCUT2D eigenvalue weighted by Crippen LogP contribution is -2.38. The lowest BCUT2D eigenvalue weighted by Gasteiger charge is -2.31. The van der Waals surface area contributed by atoms with Crippen LogP contribution in [0.15, 0.2) is 66.7 Å². The number of benzene rings is 2. The zero-order chi connectivity index (χ0) is 25.7. The number of likely N-dealkylation sites (N-methyl/N-ethyl adjacent to an activating group) is 1. The number of nitrogen functional groups attached to an aromatic ring is 1. The Labute approximate surface area is 210 Å². The molecule has 1 fully saturated rings. The van der Waals surface area contributed by atoms with Crippen LogP contribution in [0.25, 0.3) is 11.3 Å². The van der Waals surface area contributed by atoms with Gasteiger partial charge in [-0.2, -0.15) is 5.10 Å². The van der Waals surface area contributed by atoms with E-state index in [0.717, 1.165) is 5.75 Å². The number of nitrogens with zero attached hydrogens (tertiary/aromatic N) is 4. The predicted molar refractivity (Wildman–Crippen MR) is 140 cm³/mol. The Morgan fingerprint density at radius 2 is 1.69 bits per heavy atom. The number of ether oxygens (including phenoxy) is 1. The van der Waals surface area contributed by atoms with Crippen LogP contribution in [-0.4, -0.2) is 65.1 Å². The first-order valence-corrected chi connectivity index (χ1v) is 11.9. The Bertz CT molecular complexity index is 1230. The fraction of sp³-hybridized carbons (Fsp3) is 0.296. The van der Waals surface area contributed by atoms with E-state index in [0.29, 0.717) is 49.5 Å². The maximum Gasteiger partial charge on any atom is 0.254 e. The molecule has 0 aliphatic carbocycles. The summed E-state index contributed by atoms with van der Waals surface area (Å²) < 4.78 is 7.54. The van der Waals surface area contributed by atoms with Crippen molar-refractivity contribution in [1.82, 2.24) is 19.6 Å². The van der Waals surface area contributed by atoms with Gasteiger partial charge in [-0.15, -0.1) is 0 Å². The molecule has 2 amide bonds. The van der Waals surface area contributed by atoms with Crippen LogP contribution in [0.5, 0.6) is 11.5 Å². The van der Waals surface area contributed by atoms with Crippen LogP contribution in [0.1, 0.15) is 29.2 Å². The first-order valence-electron chi connectivity index (χ1n) is 11.9. The summed E-state index contributed by atoms with van der Waals surface area (Å²) in [5.41, 5.74) is 13.4. The normalized spacial score (nSPS) is 14.5. The van der Waals surface area contributed by atoms with Crippen LogP contribution >= 0.6 is 0 Å². The molecule has 0 radical (unpaired) electrons. The van der Waals surface area contributed by atoms with Gasteiger partial charge in [0.05, 0.1) is 6.04 Å². The molecule has 0 unspecified atom stereocenters. The highest BCUT2D eigenvalue weighted by Crippen LogP contribution is 2.33. The van der Waals surface area contributed by atoms with Gasteiger partial charge < -0.3 is 26.0 Å². The van der Waals surface area contributed by atoms with Gasteiger partial charge in [-0.25, -0.2) is 4.68 Å². The van der Waals surface area contributed by atoms with E-state index in [1.54, 1.807) is 10.8 Å². The largest absolute Gasteiger partial charge is 0.457 e. The number of aromatic nitrogens is 2. The van der Waals surface area contributed by atoms with Gasteiger partial charge in [-0.05, 0) is 63.3 Å². The van der Waals surface area contributed by atoms with E-state index >= 15 is 0 Å². The minimum absolute atomic E-state index is 0.0000580. The maximum atomic E-state index is 12.5. The van der Waals surface area contributed by atoms with Crippen molar-refractivity contribution < 1.29 is 14.3 Å². The third-order valence-electron chi connectivity index (χ3n) is 6.15. The summed E-state index contributed by atoms with van der Waals surface area (Å²) in [5, 5.41) is 4.70. The Morgan fingerprint density at radius 1 is 1.06 bits per heavy atom. The quantitative estimate of drug-likeness (QED) is 0.470. The van der Waals surface area contributed by atoms with E-state index in [-0.39, 0.29) is 23.3 Å². The van der Waals surface area contributed by atoms with Crippen LogP contribution < -0.4 is 16.2 Å². The summed E-state index contributed by atoms with van der Waals surface area (Å²) in [5.74, 6) is 1.01. The van der Waals surface area contributed by atoms with Crippen LogP contribution in [0, 0.1) is 0 Å². The molecule has 4 rings (SSSR count). The molecule has 9 nitrogen and oxygen atoms in total. The highest BCUT2D eigenvalue weighted by Gasteiger charge is 2.29. The number of hydrogen-bond donors (Lipinski definition) is 2. The van der Waals surface area contributed by atoms with E-state index < -0.39 is 5.91 Å². The molecule has 36 heavy (non-hydrogen) atoms. The molecule has 1 aromatic heterocycles. The summed E-state index contributed by atoms with van der Waals surface area (Å²) in [6.07, 6.45) is 4.85. The minimum Gasteiger partial charge on any atom is -0.457 e. The van der Waals surface area contributed by atoms with E-state index in [9.17, 15) is 9.59 Å². The molecule has 4 N–H and O–H groups in total. The number of para-hydroxylation sites is 1. The number of amides is 2. The molecule has 3 aromatic rings. The van der Waals surface area contributed by atoms with Crippen molar-refractivity contribution in [2.24, 2.45) is 5.73 Å².